The molecule has 0 heterocycles. The summed E-state index contributed by atoms with van der Waals surface area (Å²) < 4.78 is 41.1. The summed E-state index contributed by atoms with van der Waals surface area (Å²) in [6.07, 6.45) is 0. The van der Waals surface area contributed by atoms with Crippen molar-refractivity contribution in [3.63, 3.8) is 0 Å². The van der Waals surface area contributed by atoms with Gasteiger partial charge in [-0.3, -0.25) is 4.79 Å². The van der Waals surface area contributed by atoms with E-state index in [1.807, 2.05) is 6.07 Å². The predicted molar refractivity (Wildman–Crippen MR) is 98.6 cm³/mol. The molecule has 0 aliphatic carbocycles. The summed E-state index contributed by atoms with van der Waals surface area (Å²) in [5.74, 6) is -1.40. The fraction of sp³-hybridized carbons (Fsp3) is 0.235. The number of nitrogens with zero attached hydrogens (tertiary/aromatic N) is 1. The molecule has 0 atom stereocenters. The van der Waals surface area contributed by atoms with Gasteiger partial charge in [0.25, 0.3) is 5.91 Å². The first-order chi connectivity index (χ1) is 11.8. The Balaban J connectivity index is 2.37. The van der Waals surface area contributed by atoms with Gasteiger partial charge in [-0.1, -0.05) is 35.8 Å². The Labute approximate surface area is 155 Å². The van der Waals surface area contributed by atoms with Crippen molar-refractivity contribution in [2.75, 3.05) is 18.4 Å². The highest BCUT2D eigenvalue weighted by Crippen LogP contribution is 2.22. The standard InChI is InChI=1S/C17H18BrFN2O3S/c1-3-21(4-2)25(23,24)16-10-12(8-9-15(16)19)17(22)20-14-7-5-6-13(18)11-14/h5-11H,3-4H2,1-2H3,(H,20,22). The molecular weight excluding hydrogens is 411 g/mol. The van der Waals surface area contributed by atoms with E-state index in [0.29, 0.717) is 5.69 Å². The Morgan fingerprint density at radius 1 is 1.16 bits per heavy atom. The molecule has 1 amide bonds. The molecule has 0 saturated heterocycles. The fourth-order valence-electron chi connectivity index (χ4n) is 2.31. The SMILES string of the molecule is CCN(CC)S(=O)(=O)c1cc(C(=O)Nc2cccc(Br)c2)ccc1F. The van der Waals surface area contributed by atoms with Crippen LogP contribution in [0, 0.1) is 5.82 Å². The lowest BCUT2D eigenvalue weighted by Crippen LogP contribution is -2.31. The van der Waals surface area contributed by atoms with E-state index in [-0.39, 0.29) is 18.7 Å². The number of hydrogen-bond donors (Lipinski definition) is 1. The maximum Gasteiger partial charge on any atom is 0.255 e. The largest absolute Gasteiger partial charge is 0.322 e. The summed E-state index contributed by atoms with van der Waals surface area (Å²) in [6.45, 7) is 3.77. The Bertz CT molecular complexity index is 883. The maximum absolute atomic E-state index is 14.1. The molecule has 0 radical (unpaired) electrons. The van der Waals surface area contributed by atoms with Crippen LogP contribution in [0.2, 0.25) is 0 Å². The lowest BCUT2D eigenvalue weighted by molar-refractivity contribution is 0.102. The molecule has 0 spiro atoms. The molecule has 0 unspecified atom stereocenters. The van der Waals surface area contributed by atoms with Crippen LogP contribution < -0.4 is 5.32 Å². The van der Waals surface area contributed by atoms with Crippen LogP contribution in [0.3, 0.4) is 0 Å². The first-order valence-electron chi connectivity index (χ1n) is 7.66. The molecule has 1 N–H and O–H groups in total. The highest BCUT2D eigenvalue weighted by atomic mass is 79.9. The number of anilines is 1. The first kappa shape index (κ1) is 19.6. The zero-order valence-electron chi connectivity index (χ0n) is 13.8. The number of amides is 1. The van der Waals surface area contributed by atoms with Crippen LogP contribution >= 0.6 is 15.9 Å². The molecule has 2 aromatic rings. The zero-order chi connectivity index (χ0) is 18.6. The third kappa shape index (κ3) is 4.45. The highest BCUT2D eigenvalue weighted by molar-refractivity contribution is 9.10. The van der Waals surface area contributed by atoms with Crippen LogP contribution in [0.5, 0.6) is 0 Å². The quantitative estimate of drug-likeness (QED) is 0.758. The molecule has 0 bridgehead atoms. The molecule has 25 heavy (non-hydrogen) atoms. The van der Waals surface area contributed by atoms with E-state index in [4.69, 9.17) is 0 Å². The average Bonchev–Trinajstić information content (AvgIpc) is 2.55. The molecular formula is C17H18BrFN2O3S. The summed E-state index contributed by atoms with van der Waals surface area (Å²) in [6, 6.07) is 10.3. The summed E-state index contributed by atoms with van der Waals surface area (Å²) in [5, 5.41) is 2.65. The van der Waals surface area contributed by atoms with Crippen molar-refractivity contribution in [1.29, 1.82) is 0 Å². The average molecular weight is 429 g/mol. The van der Waals surface area contributed by atoms with Crippen molar-refractivity contribution >= 4 is 37.5 Å². The molecule has 0 aliphatic rings. The summed E-state index contributed by atoms with van der Waals surface area (Å²) >= 11 is 3.30. The van der Waals surface area contributed by atoms with Gasteiger partial charge in [-0.2, -0.15) is 4.31 Å². The molecule has 2 aromatic carbocycles. The van der Waals surface area contributed by atoms with Crippen LogP contribution in [-0.4, -0.2) is 31.7 Å². The van der Waals surface area contributed by atoms with Gasteiger partial charge in [0.1, 0.15) is 10.7 Å². The number of carbonyl (C=O) groups excluding carboxylic acids is 1. The molecule has 5 nitrogen and oxygen atoms in total. The topological polar surface area (TPSA) is 66.5 Å². The van der Waals surface area contributed by atoms with Crippen molar-refractivity contribution in [3.8, 4) is 0 Å². The Morgan fingerprint density at radius 3 is 2.44 bits per heavy atom. The second kappa shape index (κ2) is 8.07. The van der Waals surface area contributed by atoms with Gasteiger partial charge in [0.15, 0.2) is 0 Å². The van der Waals surface area contributed by atoms with Crippen molar-refractivity contribution in [3.05, 3.63) is 58.3 Å². The van der Waals surface area contributed by atoms with E-state index in [9.17, 15) is 17.6 Å². The van der Waals surface area contributed by atoms with E-state index >= 15 is 0 Å². The second-order valence-corrected chi connectivity index (χ2v) is 8.02. The number of nitrogens with one attached hydrogen (secondary N) is 1. The van der Waals surface area contributed by atoms with E-state index in [0.717, 1.165) is 20.9 Å². The molecule has 0 aromatic heterocycles. The van der Waals surface area contributed by atoms with Crippen molar-refractivity contribution in [1.82, 2.24) is 4.31 Å². The molecule has 8 heteroatoms. The third-order valence-electron chi connectivity index (χ3n) is 3.60. The Hall–Kier alpha value is -1.77. The van der Waals surface area contributed by atoms with Crippen LogP contribution in [0.15, 0.2) is 51.8 Å². The third-order valence-corrected chi connectivity index (χ3v) is 6.16. The Morgan fingerprint density at radius 2 is 1.84 bits per heavy atom. The van der Waals surface area contributed by atoms with Gasteiger partial charge in [-0.15, -0.1) is 0 Å². The number of sulfonamides is 1. The van der Waals surface area contributed by atoms with Crippen molar-refractivity contribution in [2.45, 2.75) is 18.7 Å². The van der Waals surface area contributed by atoms with E-state index in [1.165, 1.54) is 6.07 Å². The van der Waals surface area contributed by atoms with Crippen molar-refractivity contribution in [2.24, 2.45) is 0 Å². The van der Waals surface area contributed by atoms with Gasteiger partial charge in [-0.25, -0.2) is 12.8 Å². The fourth-order valence-corrected chi connectivity index (χ4v) is 4.26. The molecule has 0 fully saturated rings. The smallest absolute Gasteiger partial charge is 0.255 e. The lowest BCUT2D eigenvalue weighted by Gasteiger charge is -2.19. The van der Waals surface area contributed by atoms with Crippen molar-refractivity contribution < 1.29 is 17.6 Å². The second-order valence-electron chi connectivity index (χ2n) is 5.20. The normalized spacial score (nSPS) is 11.6. The van der Waals surface area contributed by atoms with Gasteiger partial charge < -0.3 is 5.32 Å². The predicted octanol–water partition coefficient (Wildman–Crippen LogP) is 3.87. The van der Waals surface area contributed by atoms with E-state index in [2.05, 4.69) is 21.2 Å². The summed E-state index contributed by atoms with van der Waals surface area (Å²) in [7, 11) is -4.00. The molecule has 0 saturated carbocycles. The van der Waals surface area contributed by atoms with Crippen LogP contribution in [0.25, 0.3) is 0 Å². The van der Waals surface area contributed by atoms with Gasteiger partial charge in [0.2, 0.25) is 10.0 Å². The number of rotatable bonds is 6. The van der Waals surface area contributed by atoms with Gasteiger partial charge >= 0.3 is 0 Å². The maximum atomic E-state index is 14.1. The number of halogens is 2. The van der Waals surface area contributed by atoms with E-state index < -0.39 is 26.6 Å². The number of carbonyl (C=O) groups is 1. The van der Waals surface area contributed by atoms with Gasteiger partial charge in [-0.05, 0) is 36.4 Å². The number of benzene rings is 2. The number of hydrogen-bond acceptors (Lipinski definition) is 3. The molecule has 2 rings (SSSR count). The highest BCUT2D eigenvalue weighted by Gasteiger charge is 2.26. The minimum absolute atomic E-state index is 0.0621. The first-order valence-corrected chi connectivity index (χ1v) is 9.89. The monoisotopic (exact) mass is 428 g/mol. The van der Waals surface area contributed by atoms with Crippen LogP contribution in [0.4, 0.5) is 10.1 Å². The van der Waals surface area contributed by atoms with Crippen LogP contribution in [0.1, 0.15) is 24.2 Å². The van der Waals surface area contributed by atoms with Gasteiger partial charge in [0, 0.05) is 28.8 Å². The summed E-state index contributed by atoms with van der Waals surface area (Å²) in [4.78, 5) is 11.9. The minimum atomic E-state index is -4.00. The Kier molecular flexibility index (Phi) is 6.31. The van der Waals surface area contributed by atoms with E-state index in [1.54, 1.807) is 32.0 Å². The zero-order valence-corrected chi connectivity index (χ0v) is 16.2. The summed E-state index contributed by atoms with van der Waals surface area (Å²) in [5.41, 5.74) is 0.601. The minimum Gasteiger partial charge on any atom is -0.322 e. The molecule has 0 aliphatic heterocycles. The van der Waals surface area contributed by atoms with Crippen LogP contribution in [-0.2, 0) is 10.0 Å². The van der Waals surface area contributed by atoms with Gasteiger partial charge in [0.05, 0.1) is 0 Å². The molecule has 134 valence electrons. The lowest BCUT2D eigenvalue weighted by atomic mass is 10.2.